The first-order chi connectivity index (χ1) is 10.3. The Kier molecular flexibility index (Phi) is 3.56. The summed E-state index contributed by atoms with van der Waals surface area (Å²) in [4.78, 5) is 7.04. The van der Waals surface area contributed by atoms with E-state index >= 15 is 0 Å². The molecular weight excluding hydrogens is 260 g/mol. The summed E-state index contributed by atoms with van der Waals surface area (Å²) < 4.78 is 5.54. The number of nitrogens with zero attached hydrogens (tertiary/aromatic N) is 2. The van der Waals surface area contributed by atoms with Crippen LogP contribution in [0.15, 0.2) is 17.1 Å². The summed E-state index contributed by atoms with van der Waals surface area (Å²) in [5, 5.41) is 0. The van der Waals surface area contributed by atoms with E-state index < -0.39 is 0 Å². The van der Waals surface area contributed by atoms with E-state index in [0.717, 1.165) is 25.7 Å². The van der Waals surface area contributed by atoms with E-state index in [1.54, 1.807) is 5.56 Å². The number of hydrogen-bond donors (Lipinski definition) is 0. The number of piperidine rings is 1. The van der Waals surface area contributed by atoms with Gasteiger partial charge in [0.05, 0.1) is 13.2 Å². The van der Waals surface area contributed by atoms with Crippen molar-refractivity contribution in [2.24, 2.45) is 4.99 Å². The maximum atomic E-state index is 5.54. The van der Waals surface area contributed by atoms with Gasteiger partial charge in [-0.05, 0) is 73.5 Å². The largest absolute Gasteiger partial charge is 0.380 e. The molecule has 0 N–H and O–H groups in total. The van der Waals surface area contributed by atoms with Gasteiger partial charge in [0, 0.05) is 18.9 Å². The molecule has 3 aliphatic heterocycles. The lowest BCUT2D eigenvalue weighted by atomic mass is 9.84. The molecule has 3 heteroatoms. The van der Waals surface area contributed by atoms with Gasteiger partial charge in [-0.25, -0.2) is 0 Å². The molecule has 1 aromatic carbocycles. The van der Waals surface area contributed by atoms with Crippen LogP contribution in [0.5, 0.6) is 0 Å². The van der Waals surface area contributed by atoms with Crippen molar-refractivity contribution in [2.45, 2.75) is 44.7 Å². The Morgan fingerprint density at radius 2 is 2.05 bits per heavy atom. The highest BCUT2D eigenvalue weighted by Crippen LogP contribution is 2.34. The highest BCUT2D eigenvalue weighted by Gasteiger charge is 2.29. The zero-order valence-corrected chi connectivity index (χ0v) is 12.8. The monoisotopic (exact) mass is 284 g/mol. The van der Waals surface area contributed by atoms with Crippen molar-refractivity contribution in [1.29, 1.82) is 0 Å². The van der Waals surface area contributed by atoms with Crippen molar-refractivity contribution in [3.8, 4) is 0 Å². The first-order valence-electron chi connectivity index (χ1n) is 8.26. The summed E-state index contributed by atoms with van der Waals surface area (Å²) in [6, 6.07) is 5.44. The Hall–Kier alpha value is -1.19. The predicted molar refractivity (Wildman–Crippen MR) is 85.2 cm³/mol. The fraction of sp³-hybridized carbons (Fsp3) is 0.611. The minimum atomic E-state index is 0.681. The van der Waals surface area contributed by atoms with Gasteiger partial charge < -0.3 is 4.74 Å². The number of aryl methyl sites for hydroxylation is 1. The Balaban J connectivity index is 1.46. The van der Waals surface area contributed by atoms with Crippen molar-refractivity contribution in [3.05, 3.63) is 34.4 Å². The lowest BCUT2D eigenvalue weighted by Crippen LogP contribution is -2.41. The molecule has 3 aliphatic rings. The smallest absolute Gasteiger partial charge is 0.0646 e. The van der Waals surface area contributed by atoms with E-state index in [0.29, 0.717) is 6.04 Å². The molecule has 0 radical (unpaired) electrons. The molecule has 3 heterocycles. The molecule has 0 bridgehead atoms. The number of aliphatic imine (C=N–C) groups is 1. The Bertz CT molecular complexity index is 553. The fourth-order valence-corrected chi connectivity index (χ4v) is 4.12. The molecule has 1 aromatic rings. The number of ether oxygens (including phenoxy) is 1. The molecule has 1 atom stereocenters. The number of likely N-dealkylation sites (tertiary alicyclic amines) is 1. The third kappa shape index (κ3) is 2.53. The van der Waals surface area contributed by atoms with Gasteiger partial charge >= 0.3 is 0 Å². The van der Waals surface area contributed by atoms with Crippen LogP contribution in [-0.2, 0) is 11.3 Å². The Labute approximate surface area is 127 Å². The van der Waals surface area contributed by atoms with Crippen molar-refractivity contribution in [3.63, 3.8) is 0 Å². The van der Waals surface area contributed by atoms with E-state index in [1.165, 1.54) is 49.0 Å². The van der Waals surface area contributed by atoms with Crippen molar-refractivity contribution in [1.82, 2.24) is 4.90 Å². The zero-order valence-electron chi connectivity index (χ0n) is 12.8. The lowest BCUT2D eigenvalue weighted by Gasteiger charge is -2.36. The number of rotatable bonds is 2. The van der Waals surface area contributed by atoms with Gasteiger partial charge in [-0.15, -0.1) is 0 Å². The second kappa shape index (κ2) is 5.54. The second-order valence-electron chi connectivity index (χ2n) is 6.71. The third-order valence-electron chi connectivity index (χ3n) is 5.41. The molecule has 0 amide bonds. The van der Waals surface area contributed by atoms with Crippen LogP contribution < -0.4 is 0 Å². The molecule has 1 unspecified atom stereocenters. The minimum absolute atomic E-state index is 0.681. The van der Waals surface area contributed by atoms with Crippen LogP contribution in [-0.4, -0.2) is 43.5 Å². The van der Waals surface area contributed by atoms with Gasteiger partial charge in [-0.2, -0.15) is 0 Å². The van der Waals surface area contributed by atoms with Gasteiger partial charge in [0.1, 0.15) is 0 Å². The van der Waals surface area contributed by atoms with E-state index in [2.05, 4.69) is 28.9 Å². The molecule has 0 aromatic heterocycles. The minimum Gasteiger partial charge on any atom is -0.380 e. The second-order valence-corrected chi connectivity index (χ2v) is 6.71. The topological polar surface area (TPSA) is 24.8 Å². The van der Waals surface area contributed by atoms with Gasteiger partial charge in [0.25, 0.3) is 0 Å². The van der Waals surface area contributed by atoms with Gasteiger partial charge in [-0.1, -0.05) is 6.07 Å². The SMILES string of the molecule is Cc1cc2c(cc1C1CCN(C3CCOC3)CC1)CN=C2. The molecule has 112 valence electrons. The zero-order chi connectivity index (χ0) is 14.2. The van der Waals surface area contributed by atoms with Crippen LogP contribution in [0.2, 0.25) is 0 Å². The predicted octanol–water partition coefficient (Wildman–Crippen LogP) is 2.90. The van der Waals surface area contributed by atoms with E-state index in [9.17, 15) is 0 Å². The average molecular weight is 284 g/mol. The fourth-order valence-electron chi connectivity index (χ4n) is 4.12. The van der Waals surface area contributed by atoms with Crippen LogP contribution in [0.4, 0.5) is 0 Å². The van der Waals surface area contributed by atoms with Crippen molar-refractivity contribution in [2.75, 3.05) is 26.3 Å². The van der Waals surface area contributed by atoms with E-state index in [4.69, 9.17) is 4.74 Å². The van der Waals surface area contributed by atoms with Gasteiger partial charge in [0.2, 0.25) is 0 Å². The van der Waals surface area contributed by atoms with Crippen LogP contribution in [0.25, 0.3) is 0 Å². The van der Waals surface area contributed by atoms with Gasteiger partial charge in [-0.3, -0.25) is 9.89 Å². The number of hydrogen-bond acceptors (Lipinski definition) is 3. The quantitative estimate of drug-likeness (QED) is 0.834. The van der Waals surface area contributed by atoms with Crippen molar-refractivity contribution < 1.29 is 4.74 Å². The van der Waals surface area contributed by atoms with Crippen LogP contribution in [0.3, 0.4) is 0 Å². The standard InChI is InChI=1S/C18H24N2O/c1-13-8-15-10-19-11-16(15)9-18(13)14-2-5-20(6-3-14)17-4-7-21-12-17/h8-10,14,17H,2-7,11-12H2,1H3. The Morgan fingerprint density at radius 3 is 2.81 bits per heavy atom. The number of benzene rings is 1. The summed E-state index contributed by atoms with van der Waals surface area (Å²) in [7, 11) is 0. The molecule has 0 saturated carbocycles. The number of fused-ring (bicyclic) bond motifs is 1. The van der Waals surface area contributed by atoms with Crippen molar-refractivity contribution >= 4 is 6.21 Å². The van der Waals surface area contributed by atoms with E-state index in [1.807, 2.05) is 6.21 Å². The first kappa shape index (κ1) is 13.5. The van der Waals surface area contributed by atoms with Crippen LogP contribution in [0.1, 0.15) is 47.4 Å². The van der Waals surface area contributed by atoms with Crippen LogP contribution in [0, 0.1) is 6.92 Å². The maximum Gasteiger partial charge on any atom is 0.0646 e. The van der Waals surface area contributed by atoms with Gasteiger partial charge in [0.15, 0.2) is 0 Å². The summed E-state index contributed by atoms with van der Waals surface area (Å²) in [5.74, 6) is 0.731. The maximum absolute atomic E-state index is 5.54. The molecular formula is C18H24N2O. The molecule has 21 heavy (non-hydrogen) atoms. The lowest BCUT2D eigenvalue weighted by molar-refractivity contribution is 0.122. The summed E-state index contributed by atoms with van der Waals surface area (Å²) >= 11 is 0. The summed E-state index contributed by atoms with van der Waals surface area (Å²) in [5.41, 5.74) is 5.77. The first-order valence-corrected chi connectivity index (χ1v) is 8.26. The van der Waals surface area contributed by atoms with Crippen LogP contribution >= 0.6 is 0 Å². The third-order valence-corrected chi connectivity index (χ3v) is 5.41. The summed E-state index contributed by atoms with van der Waals surface area (Å²) in [6.45, 7) is 7.49. The molecule has 0 spiro atoms. The molecule has 2 fully saturated rings. The molecule has 0 aliphatic carbocycles. The highest BCUT2D eigenvalue weighted by molar-refractivity contribution is 5.85. The highest BCUT2D eigenvalue weighted by atomic mass is 16.5. The Morgan fingerprint density at radius 1 is 1.19 bits per heavy atom. The molecule has 2 saturated heterocycles. The molecule has 4 rings (SSSR count). The average Bonchev–Trinajstić information content (AvgIpc) is 3.17. The van der Waals surface area contributed by atoms with E-state index in [-0.39, 0.29) is 0 Å². The molecule has 3 nitrogen and oxygen atoms in total. The normalized spacial score (nSPS) is 26.4. The summed E-state index contributed by atoms with van der Waals surface area (Å²) in [6.07, 6.45) is 5.82.